The van der Waals surface area contributed by atoms with E-state index in [2.05, 4.69) is 4.74 Å². The van der Waals surface area contributed by atoms with Crippen LogP contribution in [0.5, 0.6) is 0 Å². The summed E-state index contributed by atoms with van der Waals surface area (Å²) in [5.41, 5.74) is 0.502. The Kier molecular flexibility index (Phi) is 6.88. The summed E-state index contributed by atoms with van der Waals surface area (Å²) in [6.45, 7) is 2.55. The predicted octanol–water partition coefficient (Wildman–Crippen LogP) is 1.10. The summed E-state index contributed by atoms with van der Waals surface area (Å²) in [5, 5.41) is 8.96. The van der Waals surface area contributed by atoms with E-state index >= 15 is 0 Å². The molecule has 0 aromatic heterocycles. The second-order valence-electron chi connectivity index (χ2n) is 5.33. The molecular formula is C15H21NO7S. The van der Waals surface area contributed by atoms with E-state index in [1.807, 2.05) is 0 Å². The Morgan fingerprint density at radius 3 is 2.29 bits per heavy atom. The van der Waals surface area contributed by atoms with E-state index in [4.69, 9.17) is 9.84 Å². The molecule has 0 aliphatic heterocycles. The number of esters is 1. The maximum absolute atomic E-state index is 12.8. The van der Waals surface area contributed by atoms with Gasteiger partial charge in [-0.3, -0.25) is 4.79 Å². The molecular weight excluding hydrogens is 338 g/mol. The van der Waals surface area contributed by atoms with Crippen LogP contribution in [0.2, 0.25) is 0 Å². The number of benzene rings is 1. The van der Waals surface area contributed by atoms with Gasteiger partial charge in [-0.2, -0.15) is 4.31 Å². The second kappa shape index (κ2) is 8.22. The highest BCUT2D eigenvalue weighted by Crippen LogP contribution is 2.22. The van der Waals surface area contributed by atoms with Gasteiger partial charge in [0.1, 0.15) is 6.54 Å². The minimum absolute atomic E-state index is 0.0460. The zero-order valence-corrected chi connectivity index (χ0v) is 14.8. The van der Waals surface area contributed by atoms with Crippen LogP contribution in [0.1, 0.15) is 29.8 Å². The molecule has 8 nitrogen and oxygen atoms in total. The number of aliphatic carboxylic acids is 1. The lowest BCUT2D eigenvalue weighted by Crippen LogP contribution is -2.40. The number of rotatable bonds is 8. The molecule has 1 N–H and O–H groups in total. The fourth-order valence-electron chi connectivity index (χ4n) is 2.11. The topological polar surface area (TPSA) is 110 Å². The van der Waals surface area contributed by atoms with Crippen molar-refractivity contribution < 1.29 is 32.6 Å². The number of carbonyl (C=O) groups is 2. The first kappa shape index (κ1) is 20.1. The van der Waals surface area contributed by atoms with Crippen molar-refractivity contribution in [2.24, 2.45) is 0 Å². The highest BCUT2D eigenvalue weighted by molar-refractivity contribution is 7.89. The van der Waals surface area contributed by atoms with E-state index < -0.39 is 34.5 Å². The lowest BCUT2D eigenvalue weighted by atomic mass is 10.1. The first-order chi connectivity index (χ1) is 11.1. The Labute approximate surface area is 141 Å². The fraction of sp³-hybridized carbons (Fsp3) is 0.467. The molecule has 1 aromatic rings. The molecule has 0 saturated carbocycles. The predicted molar refractivity (Wildman–Crippen MR) is 85.2 cm³/mol. The van der Waals surface area contributed by atoms with Crippen LogP contribution in [-0.4, -0.2) is 56.6 Å². The first-order valence-corrected chi connectivity index (χ1v) is 8.52. The van der Waals surface area contributed by atoms with Gasteiger partial charge in [0.05, 0.1) is 24.2 Å². The Bertz CT molecular complexity index is 713. The van der Waals surface area contributed by atoms with Crippen molar-refractivity contribution in [2.75, 3.05) is 20.8 Å². The van der Waals surface area contributed by atoms with Gasteiger partial charge < -0.3 is 14.6 Å². The van der Waals surface area contributed by atoms with E-state index in [1.54, 1.807) is 13.8 Å². The third kappa shape index (κ3) is 4.76. The SMILES string of the molecule is COCc1cc(C(=O)OC)cc(S(=O)(=O)N(CC(=O)O)C(C)C)c1. The number of carbonyl (C=O) groups excluding carboxylic acids is 1. The molecule has 0 heterocycles. The Morgan fingerprint density at radius 2 is 1.83 bits per heavy atom. The molecule has 0 saturated heterocycles. The molecule has 0 bridgehead atoms. The van der Waals surface area contributed by atoms with E-state index in [0.29, 0.717) is 5.56 Å². The third-order valence-electron chi connectivity index (χ3n) is 3.17. The first-order valence-electron chi connectivity index (χ1n) is 7.08. The minimum Gasteiger partial charge on any atom is -0.480 e. The Morgan fingerprint density at radius 1 is 1.21 bits per heavy atom. The van der Waals surface area contributed by atoms with Crippen molar-refractivity contribution in [3.63, 3.8) is 0 Å². The maximum atomic E-state index is 12.8. The molecule has 0 fully saturated rings. The van der Waals surface area contributed by atoms with Gasteiger partial charge in [0.15, 0.2) is 0 Å². The average Bonchev–Trinajstić information content (AvgIpc) is 2.51. The number of methoxy groups -OCH3 is 2. The van der Waals surface area contributed by atoms with Crippen LogP contribution in [0.3, 0.4) is 0 Å². The van der Waals surface area contributed by atoms with Crippen LogP contribution in [-0.2, 0) is 30.9 Å². The van der Waals surface area contributed by atoms with Crippen molar-refractivity contribution >= 4 is 22.0 Å². The lowest BCUT2D eigenvalue weighted by Gasteiger charge is -2.24. The van der Waals surface area contributed by atoms with Crippen molar-refractivity contribution in [1.29, 1.82) is 0 Å². The number of carboxylic acids is 1. The zero-order valence-electron chi connectivity index (χ0n) is 14.0. The monoisotopic (exact) mass is 359 g/mol. The summed E-state index contributed by atoms with van der Waals surface area (Å²) >= 11 is 0. The molecule has 134 valence electrons. The van der Waals surface area contributed by atoms with E-state index in [0.717, 1.165) is 10.4 Å². The lowest BCUT2D eigenvalue weighted by molar-refractivity contribution is -0.137. The maximum Gasteiger partial charge on any atom is 0.337 e. The van der Waals surface area contributed by atoms with Crippen LogP contribution in [0.4, 0.5) is 0 Å². The molecule has 0 atom stereocenters. The smallest absolute Gasteiger partial charge is 0.337 e. The van der Waals surface area contributed by atoms with Gasteiger partial charge >= 0.3 is 11.9 Å². The van der Waals surface area contributed by atoms with E-state index in [9.17, 15) is 18.0 Å². The van der Waals surface area contributed by atoms with Gasteiger partial charge in [-0.15, -0.1) is 0 Å². The molecule has 24 heavy (non-hydrogen) atoms. The average molecular weight is 359 g/mol. The molecule has 0 amide bonds. The van der Waals surface area contributed by atoms with Crippen molar-refractivity contribution in [2.45, 2.75) is 31.4 Å². The number of ether oxygens (including phenoxy) is 2. The van der Waals surface area contributed by atoms with Gasteiger partial charge in [0.25, 0.3) is 0 Å². The summed E-state index contributed by atoms with van der Waals surface area (Å²) < 4.78 is 36.1. The van der Waals surface area contributed by atoms with Crippen LogP contribution >= 0.6 is 0 Å². The van der Waals surface area contributed by atoms with E-state index in [1.165, 1.54) is 26.4 Å². The van der Waals surface area contributed by atoms with Gasteiger partial charge in [0, 0.05) is 13.2 Å². The van der Waals surface area contributed by atoms with Crippen molar-refractivity contribution in [3.05, 3.63) is 29.3 Å². The fourth-order valence-corrected chi connectivity index (χ4v) is 3.79. The highest BCUT2D eigenvalue weighted by atomic mass is 32.2. The normalized spacial score (nSPS) is 11.8. The zero-order chi connectivity index (χ0) is 18.5. The van der Waals surface area contributed by atoms with Crippen LogP contribution < -0.4 is 0 Å². The summed E-state index contributed by atoms with van der Waals surface area (Å²) in [7, 11) is -1.49. The Hall–Kier alpha value is -1.97. The summed E-state index contributed by atoms with van der Waals surface area (Å²) in [5.74, 6) is -1.97. The summed E-state index contributed by atoms with van der Waals surface area (Å²) in [6.07, 6.45) is 0. The van der Waals surface area contributed by atoms with Crippen LogP contribution in [0, 0.1) is 0 Å². The van der Waals surface area contributed by atoms with Gasteiger partial charge in [-0.25, -0.2) is 13.2 Å². The number of carboxylic acid groups (broad SMARTS) is 1. The number of hydrogen-bond donors (Lipinski definition) is 1. The van der Waals surface area contributed by atoms with Crippen molar-refractivity contribution in [1.82, 2.24) is 4.31 Å². The number of sulfonamides is 1. The van der Waals surface area contributed by atoms with Gasteiger partial charge in [-0.05, 0) is 37.6 Å². The third-order valence-corrected chi connectivity index (χ3v) is 5.17. The second-order valence-corrected chi connectivity index (χ2v) is 7.22. The van der Waals surface area contributed by atoms with Crippen LogP contribution in [0.15, 0.2) is 23.1 Å². The molecule has 0 aliphatic carbocycles. The molecule has 0 unspecified atom stereocenters. The minimum atomic E-state index is -4.11. The molecule has 0 spiro atoms. The molecule has 0 aliphatic rings. The number of nitrogens with zero attached hydrogens (tertiary/aromatic N) is 1. The van der Waals surface area contributed by atoms with Gasteiger partial charge in [0.2, 0.25) is 10.0 Å². The molecule has 1 rings (SSSR count). The quantitative estimate of drug-likeness (QED) is 0.692. The van der Waals surface area contributed by atoms with Gasteiger partial charge in [-0.1, -0.05) is 0 Å². The largest absolute Gasteiger partial charge is 0.480 e. The number of hydrogen-bond acceptors (Lipinski definition) is 6. The molecule has 1 aromatic carbocycles. The standard InChI is InChI=1S/C15H21NO7S/c1-10(2)16(8-14(17)18)24(20,21)13-6-11(9-22-3)5-12(7-13)15(19)23-4/h5-7,10H,8-9H2,1-4H3,(H,17,18). The molecule has 0 radical (unpaired) electrons. The Balaban J connectivity index is 3.47. The molecule has 9 heteroatoms. The summed E-state index contributed by atoms with van der Waals surface area (Å²) in [6, 6.07) is 3.41. The van der Waals surface area contributed by atoms with E-state index in [-0.39, 0.29) is 17.1 Å². The van der Waals surface area contributed by atoms with Crippen LogP contribution in [0.25, 0.3) is 0 Å². The van der Waals surface area contributed by atoms with Crippen molar-refractivity contribution in [3.8, 4) is 0 Å². The highest BCUT2D eigenvalue weighted by Gasteiger charge is 2.30. The summed E-state index contributed by atoms with van der Waals surface area (Å²) in [4.78, 5) is 22.6.